The second-order valence-electron chi connectivity index (χ2n) is 6.18. The summed E-state index contributed by atoms with van der Waals surface area (Å²) in [5, 5.41) is 7.00. The Morgan fingerprint density at radius 3 is 2.94 bits per heavy atom. The SMILES string of the molecule is CC(C)(c1nccs1)N1CCC(CNC2CC2)C1. The minimum atomic E-state index is 0.0997. The molecule has 18 heavy (non-hydrogen) atoms. The Balaban J connectivity index is 1.57. The van der Waals surface area contributed by atoms with E-state index in [2.05, 4.69) is 34.4 Å². The minimum absolute atomic E-state index is 0.0997. The molecule has 1 atom stereocenters. The Morgan fingerprint density at radius 2 is 2.28 bits per heavy atom. The van der Waals surface area contributed by atoms with Gasteiger partial charge in [-0.3, -0.25) is 4.90 Å². The highest BCUT2D eigenvalue weighted by Gasteiger charge is 2.36. The summed E-state index contributed by atoms with van der Waals surface area (Å²) in [5.41, 5.74) is 0.0997. The Morgan fingerprint density at radius 1 is 1.44 bits per heavy atom. The molecule has 2 fully saturated rings. The molecule has 0 bridgehead atoms. The lowest BCUT2D eigenvalue weighted by molar-refractivity contribution is 0.148. The summed E-state index contributed by atoms with van der Waals surface area (Å²) in [7, 11) is 0. The second-order valence-corrected chi connectivity index (χ2v) is 7.07. The van der Waals surface area contributed by atoms with Crippen molar-refractivity contribution < 1.29 is 0 Å². The number of thiazole rings is 1. The maximum Gasteiger partial charge on any atom is 0.112 e. The topological polar surface area (TPSA) is 28.2 Å². The third-order valence-electron chi connectivity index (χ3n) is 4.30. The summed E-state index contributed by atoms with van der Waals surface area (Å²) >= 11 is 1.78. The fraction of sp³-hybridized carbons (Fsp3) is 0.786. The number of nitrogens with zero attached hydrogens (tertiary/aromatic N) is 2. The molecule has 4 heteroatoms. The zero-order chi connectivity index (χ0) is 12.6. The van der Waals surface area contributed by atoms with E-state index in [4.69, 9.17) is 0 Å². The van der Waals surface area contributed by atoms with Gasteiger partial charge in [-0.05, 0) is 52.1 Å². The van der Waals surface area contributed by atoms with Crippen molar-refractivity contribution in [1.29, 1.82) is 0 Å². The molecule has 1 aromatic rings. The molecule has 0 aromatic carbocycles. The lowest BCUT2D eigenvalue weighted by Gasteiger charge is -2.33. The van der Waals surface area contributed by atoms with Crippen LogP contribution in [0.3, 0.4) is 0 Å². The number of hydrogen-bond acceptors (Lipinski definition) is 4. The highest BCUT2D eigenvalue weighted by molar-refractivity contribution is 7.09. The minimum Gasteiger partial charge on any atom is -0.314 e. The molecule has 1 aromatic heterocycles. The van der Waals surface area contributed by atoms with Gasteiger partial charge in [0.15, 0.2) is 0 Å². The molecule has 3 rings (SSSR count). The quantitative estimate of drug-likeness (QED) is 0.886. The van der Waals surface area contributed by atoms with Crippen LogP contribution in [-0.4, -0.2) is 35.6 Å². The van der Waals surface area contributed by atoms with Gasteiger partial charge in [0.1, 0.15) is 5.01 Å². The lowest BCUT2D eigenvalue weighted by atomic mass is 10.0. The van der Waals surface area contributed by atoms with Gasteiger partial charge in [-0.2, -0.15) is 0 Å². The first kappa shape index (κ1) is 12.6. The number of aromatic nitrogens is 1. The maximum absolute atomic E-state index is 4.50. The van der Waals surface area contributed by atoms with Crippen LogP contribution in [-0.2, 0) is 5.54 Å². The fourth-order valence-corrected chi connectivity index (χ4v) is 3.58. The van der Waals surface area contributed by atoms with E-state index in [0.717, 1.165) is 12.0 Å². The van der Waals surface area contributed by atoms with Crippen LogP contribution in [0.15, 0.2) is 11.6 Å². The first-order chi connectivity index (χ1) is 8.66. The molecule has 2 heterocycles. The van der Waals surface area contributed by atoms with E-state index >= 15 is 0 Å². The van der Waals surface area contributed by atoms with E-state index in [1.165, 1.54) is 43.9 Å². The van der Waals surface area contributed by atoms with Crippen molar-refractivity contribution in [2.24, 2.45) is 5.92 Å². The summed E-state index contributed by atoms with van der Waals surface area (Å²) in [6, 6.07) is 0.839. The first-order valence-electron chi connectivity index (χ1n) is 7.04. The average molecular weight is 265 g/mol. The van der Waals surface area contributed by atoms with Crippen molar-refractivity contribution in [3.05, 3.63) is 16.6 Å². The van der Waals surface area contributed by atoms with E-state index in [1.54, 1.807) is 11.3 Å². The molecule has 0 radical (unpaired) electrons. The molecule has 1 aliphatic carbocycles. The van der Waals surface area contributed by atoms with Gasteiger partial charge in [0, 0.05) is 24.2 Å². The van der Waals surface area contributed by atoms with Crippen molar-refractivity contribution in [3.8, 4) is 0 Å². The summed E-state index contributed by atoms with van der Waals surface area (Å²) in [5.74, 6) is 0.824. The Hall–Kier alpha value is -0.450. The molecular formula is C14H23N3S. The fourth-order valence-electron chi connectivity index (χ4n) is 2.79. The maximum atomic E-state index is 4.50. The molecular weight excluding hydrogens is 242 g/mol. The molecule has 100 valence electrons. The van der Waals surface area contributed by atoms with Gasteiger partial charge in [-0.25, -0.2) is 4.98 Å². The summed E-state index contributed by atoms with van der Waals surface area (Å²) < 4.78 is 0. The summed E-state index contributed by atoms with van der Waals surface area (Å²) in [4.78, 5) is 7.11. The lowest BCUT2D eigenvalue weighted by Crippen LogP contribution is -2.40. The molecule has 1 saturated carbocycles. The van der Waals surface area contributed by atoms with Gasteiger partial charge < -0.3 is 5.32 Å². The van der Waals surface area contributed by atoms with Crippen LogP contribution in [0.1, 0.15) is 38.1 Å². The highest BCUT2D eigenvalue weighted by atomic mass is 32.1. The predicted octanol–water partition coefficient (Wildman–Crippen LogP) is 2.45. The third-order valence-corrected chi connectivity index (χ3v) is 5.39. The molecule has 1 saturated heterocycles. The van der Waals surface area contributed by atoms with Crippen molar-refractivity contribution in [2.75, 3.05) is 19.6 Å². The normalized spacial score (nSPS) is 25.8. The standard InChI is InChI=1S/C14H23N3S/c1-14(2,13-15-6-8-18-13)17-7-5-11(10-17)9-16-12-3-4-12/h6,8,11-12,16H,3-5,7,9-10H2,1-2H3. The van der Waals surface area contributed by atoms with Gasteiger partial charge in [-0.15, -0.1) is 11.3 Å². The smallest absolute Gasteiger partial charge is 0.112 e. The molecule has 1 unspecified atom stereocenters. The van der Waals surface area contributed by atoms with Crippen LogP contribution in [0.2, 0.25) is 0 Å². The van der Waals surface area contributed by atoms with Crippen LogP contribution in [0.4, 0.5) is 0 Å². The van der Waals surface area contributed by atoms with Crippen molar-refractivity contribution in [3.63, 3.8) is 0 Å². The van der Waals surface area contributed by atoms with Crippen LogP contribution < -0.4 is 5.32 Å². The summed E-state index contributed by atoms with van der Waals surface area (Å²) in [6.07, 6.45) is 6.03. The van der Waals surface area contributed by atoms with E-state index in [0.29, 0.717) is 0 Å². The van der Waals surface area contributed by atoms with Crippen molar-refractivity contribution >= 4 is 11.3 Å². The van der Waals surface area contributed by atoms with Gasteiger partial charge in [0.2, 0.25) is 0 Å². The van der Waals surface area contributed by atoms with E-state index in [-0.39, 0.29) is 5.54 Å². The second kappa shape index (κ2) is 4.91. The van der Waals surface area contributed by atoms with Gasteiger partial charge >= 0.3 is 0 Å². The Bertz CT molecular complexity index is 384. The monoisotopic (exact) mass is 265 g/mol. The van der Waals surface area contributed by atoms with Crippen LogP contribution >= 0.6 is 11.3 Å². The van der Waals surface area contributed by atoms with Crippen molar-refractivity contribution in [1.82, 2.24) is 15.2 Å². The predicted molar refractivity (Wildman–Crippen MR) is 75.8 cm³/mol. The number of rotatable bonds is 5. The number of hydrogen-bond donors (Lipinski definition) is 1. The highest BCUT2D eigenvalue weighted by Crippen LogP contribution is 2.33. The summed E-state index contributed by atoms with van der Waals surface area (Å²) in [6.45, 7) is 8.25. The molecule has 1 N–H and O–H groups in total. The van der Waals surface area contributed by atoms with E-state index in [1.807, 2.05) is 6.20 Å². The zero-order valence-electron chi connectivity index (χ0n) is 11.4. The molecule has 0 spiro atoms. The van der Waals surface area contributed by atoms with E-state index in [9.17, 15) is 0 Å². The molecule has 1 aliphatic heterocycles. The van der Waals surface area contributed by atoms with Crippen molar-refractivity contribution in [2.45, 2.75) is 44.7 Å². The largest absolute Gasteiger partial charge is 0.314 e. The third kappa shape index (κ3) is 2.60. The van der Waals surface area contributed by atoms with Crippen LogP contribution in [0.25, 0.3) is 0 Å². The average Bonchev–Trinajstić information content (AvgIpc) is 2.87. The van der Waals surface area contributed by atoms with Crippen LogP contribution in [0.5, 0.6) is 0 Å². The molecule has 3 nitrogen and oxygen atoms in total. The molecule has 0 amide bonds. The Labute approximate surface area is 114 Å². The van der Waals surface area contributed by atoms with Gasteiger partial charge in [0.25, 0.3) is 0 Å². The van der Waals surface area contributed by atoms with Gasteiger partial charge in [-0.1, -0.05) is 0 Å². The van der Waals surface area contributed by atoms with Gasteiger partial charge in [0.05, 0.1) is 5.54 Å². The first-order valence-corrected chi connectivity index (χ1v) is 7.92. The Kier molecular flexibility index (Phi) is 3.43. The molecule has 2 aliphatic rings. The number of likely N-dealkylation sites (tertiary alicyclic amines) is 1. The number of nitrogens with one attached hydrogen (secondary N) is 1. The van der Waals surface area contributed by atoms with Crippen LogP contribution in [0, 0.1) is 5.92 Å². The van der Waals surface area contributed by atoms with E-state index < -0.39 is 0 Å². The zero-order valence-corrected chi connectivity index (χ0v) is 12.2.